The average molecular weight is 784 g/mol. The molecule has 0 aromatic heterocycles. The summed E-state index contributed by atoms with van der Waals surface area (Å²) in [7, 11) is 0. The van der Waals surface area contributed by atoms with Gasteiger partial charge in [0.2, 0.25) is 11.8 Å². The molecule has 2 aromatic rings. The van der Waals surface area contributed by atoms with E-state index in [9.17, 15) is 19.5 Å². The molecule has 2 aromatic carbocycles. The van der Waals surface area contributed by atoms with E-state index in [0.717, 1.165) is 90.8 Å². The van der Waals surface area contributed by atoms with Crippen LogP contribution < -0.4 is 31.9 Å². The SMILES string of the molecule is CC1CCN(C(=O)C2CCSC2NC(=O)C2Nc3ccc(C4CC(C(=O)NC5CCNCC5)C(NC(O)C5Nc6ccccc6S5)S4)cc3S2)CC1. The first-order chi connectivity index (χ1) is 25.3. The molecule has 3 amide bonds. The number of anilines is 2. The molecule has 0 saturated carbocycles. The van der Waals surface area contributed by atoms with Gasteiger partial charge in [-0.3, -0.25) is 19.7 Å². The molecule has 6 aliphatic heterocycles. The van der Waals surface area contributed by atoms with Crippen LogP contribution >= 0.6 is 47.0 Å². The van der Waals surface area contributed by atoms with Gasteiger partial charge in [0.15, 0.2) is 5.37 Å². The highest BCUT2D eigenvalue weighted by Crippen LogP contribution is 2.50. The van der Waals surface area contributed by atoms with Gasteiger partial charge in [0, 0.05) is 45.5 Å². The molecule has 4 fully saturated rings. The number of piperidine rings is 2. The second-order valence-corrected chi connectivity index (χ2v) is 19.7. The van der Waals surface area contributed by atoms with Gasteiger partial charge in [-0.15, -0.1) is 23.5 Å². The Morgan fingerprint density at radius 2 is 1.65 bits per heavy atom. The van der Waals surface area contributed by atoms with Crippen molar-refractivity contribution in [2.24, 2.45) is 17.8 Å². The molecule has 6 aliphatic rings. The van der Waals surface area contributed by atoms with E-state index in [4.69, 9.17) is 0 Å². The number of para-hydroxylation sites is 1. The Kier molecular flexibility index (Phi) is 11.4. The van der Waals surface area contributed by atoms with Crippen molar-refractivity contribution < 1.29 is 19.5 Å². The number of nitrogens with one attached hydrogen (secondary N) is 6. The zero-order chi connectivity index (χ0) is 35.8. The first-order valence-electron chi connectivity index (χ1n) is 18.7. The van der Waals surface area contributed by atoms with Crippen molar-refractivity contribution in [2.75, 3.05) is 42.6 Å². The molecule has 52 heavy (non-hydrogen) atoms. The normalized spacial score (nSPS) is 31.0. The number of hydrogen-bond acceptors (Lipinski definition) is 12. The van der Waals surface area contributed by atoms with E-state index in [-0.39, 0.29) is 57.0 Å². The molecular formula is C37H49N7O4S4. The number of nitrogens with zero attached hydrogens (tertiary/aromatic N) is 1. The predicted octanol–water partition coefficient (Wildman–Crippen LogP) is 4.42. The average Bonchev–Trinajstić information content (AvgIpc) is 3.97. The monoisotopic (exact) mass is 783 g/mol. The lowest BCUT2D eigenvalue weighted by molar-refractivity contribution is -0.137. The standard InChI is InChI=1S/C37H49N7O4S4/c1-20-10-15-44(16-11-20)37(48)23-12-17-49-33(23)42-31(46)36-41-26-7-6-21(18-29(26)52-36)28-19-24(30(45)39-22-8-13-38-14-9-22)34(51-28)43-32(47)35-40-25-4-2-3-5-27(25)50-35/h2-7,18,20,22-24,28,32-36,38,40-41,43,47H,8-17,19H2,1H3,(H,39,45)(H,42,46). The summed E-state index contributed by atoms with van der Waals surface area (Å²) in [6.07, 6.45) is 4.48. The van der Waals surface area contributed by atoms with Crippen LogP contribution in [0.3, 0.4) is 0 Å². The lowest BCUT2D eigenvalue weighted by Crippen LogP contribution is -2.51. The molecule has 15 heteroatoms. The first kappa shape index (κ1) is 36.7. The van der Waals surface area contributed by atoms with Crippen LogP contribution in [0.15, 0.2) is 52.3 Å². The predicted molar refractivity (Wildman–Crippen MR) is 212 cm³/mol. The smallest absolute Gasteiger partial charge is 0.254 e. The van der Waals surface area contributed by atoms with Crippen LogP contribution in [-0.2, 0) is 14.4 Å². The molecule has 8 atom stereocenters. The third kappa shape index (κ3) is 8.06. The quantitative estimate of drug-likeness (QED) is 0.181. The number of fused-ring (bicyclic) bond motifs is 2. The minimum Gasteiger partial charge on any atom is -0.375 e. The van der Waals surface area contributed by atoms with Crippen LogP contribution in [0.1, 0.15) is 56.3 Å². The van der Waals surface area contributed by atoms with Gasteiger partial charge in [0.1, 0.15) is 11.6 Å². The van der Waals surface area contributed by atoms with Gasteiger partial charge in [0.25, 0.3) is 5.91 Å². The van der Waals surface area contributed by atoms with Gasteiger partial charge in [-0.05, 0) is 93.1 Å². The summed E-state index contributed by atoms with van der Waals surface area (Å²) in [5.74, 6) is 1.14. The molecule has 280 valence electrons. The van der Waals surface area contributed by atoms with E-state index in [1.165, 1.54) is 11.8 Å². The van der Waals surface area contributed by atoms with Crippen LogP contribution in [0.5, 0.6) is 0 Å². The second-order valence-electron chi connectivity index (χ2n) is 14.8. The minimum absolute atomic E-state index is 0.0345. The Labute approximate surface area is 322 Å². The number of amides is 3. The van der Waals surface area contributed by atoms with E-state index in [2.05, 4.69) is 51.0 Å². The van der Waals surface area contributed by atoms with Gasteiger partial charge >= 0.3 is 0 Å². The zero-order valence-electron chi connectivity index (χ0n) is 29.3. The fraction of sp³-hybridized carbons (Fsp3) is 0.595. The molecule has 4 saturated heterocycles. The van der Waals surface area contributed by atoms with Crippen LogP contribution in [0.4, 0.5) is 11.4 Å². The van der Waals surface area contributed by atoms with Gasteiger partial charge in [-0.25, -0.2) is 0 Å². The van der Waals surface area contributed by atoms with Crippen LogP contribution in [0.25, 0.3) is 0 Å². The number of aliphatic hydroxyl groups excluding tert-OH is 1. The fourth-order valence-electron chi connectivity index (χ4n) is 8.01. The zero-order valence-corrected chi connectivity index (χ0v) is 32.6. The summed E-state index contributed by atoms with van der Waals surface area (Å²) < 4.78 is 0. The summed E-state index contributed by atoms with van der Waals surface area (Å²) in [5.41, 5.74) is 3.03. The molecule has 0 radical (unpaired) electrons. The largest absolute Gasteiger partial charge is 0.375 e. The maximum atomic E-state index is 13.8. The molecule has 6 heterocycles. The maximum absolute atomic E-state index is 13.8. The molecule has 0 bridgehead atoms. The molecule has 8 rings (SSSR count). The Bertz CT molecular complexity index is 1620. The van der Waals surface area contributed by atoms with Gasteiger partial charge in [-0.2, -0.15) is 0 Å². The van der Waals surface area contributed by atoms with Crippen molar-refractivity contribution in [3.05, 3.63) is 48.0 Å². The molecule has 0 aliphatic carbocycles. The second kappa shape index (κ2) is 16.2. The number of benzene rings is 2. The van der Waals surface area contributed by atoms with E-state index in [1.807, 2.05) is 35.2 Å². The molecule has 0 spiro atoms. The van der Waals surface area contributed by atoms with Crippen molar-refractivity contribution in [1.29, 1.82) is 0 Å². The maximum Gasteiger partial charge on any atom is 0.254 e. The summed E-state index contributed by atoms with van der Waals surface area (Å²) in [5, 5.41) is 30.3. The summed E-state index contributed by atoms with van der Waals surface area (Å²) in [6, 6.07) is 14.5. The highest BCUT2D eigenvalue weighted by Gasteiger charge is 2.44. The topological polar surface area (TPSA) is 147 Å². The minimum atomic E-state index is -0.863. The van der Waals surface area contributed by atoms with Gasteiger partial charge < -0.3 is 36.6 Å². The number of aliphatic hydroxyl groups is 1. The Balaban J connectivity index is 0.911. The van der Waals surface area contributed by atoms with Crippen LogP contribution in [0, 0.1) is 17.8 Å². The number of hydrogen-bond donors (Lipinski definition) is 7. The lowest BCUT2D eigenvalue weighted by atomic mass is 9.97. The van der Waals surface area contributed by atoms with Gasteiger partial charge in [-0.1, -0.05) is 48.6 Å². The molecule has 11 nitrogen and oxygen atoms in total. The lowest BCUT2D eigenvalue weighted by Gasteiger charge is -2.33. The number of likely N-dealkylation sites (tertiary alicyclic amines) is 1. The Morgan fingerprint density at radius 3 is 2.46 bits per heavy atom. The Morgan fingerprint density at radius 1 is 0.865 bits per heavy atom. The molecular weight excluding hydrogens is 735 g/mol. The van der Waals surface area contributed by atoms with Crippen molar-refractivity contribution in [2.45, 2.75) is 94.3 Å². The number of carbonyl (C=O) groups is 3. The van der Waals surface area contributed by atoms with Crippen LogP contribution in [-0.4, -0.2) is 93.4 Å². The highest BCUT2D eigenvalue weighted by molar-refractivity contribution is 8.01. The van der Waals surface area contributed by atoms with Gasteiger partial charge in [0.05, 0.1) is 22.6 Å². The first-order valence-corrected chi connectivity index (χ1v) is 22.4. The Hall–Kier alpha value is -2.27. The van der Waals surface area contributed by atoms with E-state index < -0.39 is 11.6 Å². The van der Waals surface area contributed by atoms with Crippen molar-refractivity contribution in [1.82, 2.24) is 26.2 Å². The summed E-state index contributed by atoms with van der Waals surface area (Å²) in [6.45, 7) is 5.66. The number of thioether (sulfide) groups is 4. The fourth-order valence-corrected chi connectivity index (χ4v) is 13.1. The van der Waals surface area contributed by atoms with E-state index in [1.54, 1.807) is 35.3 Å². The summed E-state index contributed by atoms with van der Waals surface area (Å²) >= 11 is 6.46. The van der Waals surface area contributed by atoms with Crippen molar-refractivity contribution >= 4 is 76.1 Å². The molecule has 7 N–H and O–H groups in total. The molecule has 8 unspecified atom stereocenters. The van der Waals surface area contributed by atoms with Crippen LogP contribution in [0.2, 0.25) is 0 Å². The third-order valence-corrected chi connectivity index (χ3v) is 16.4. The third-order valence-electron chi connectivity index (χ3n) is 11.2. The van der Waals surface area contributed by atoms with Crippen molar-refractivity contribution in [3.8, 4) is 0 Å². The number of rotatable bonds is 9. The van der Waals surface area contributed by atoms with Crippen molar-refractivity contribution in [3.63, 3.8) is 0 Å². The summed E-state index contributed by atoms with van der Waals surface area (Å²) in [4.78, 5) is 44.9. The van der Waals surface area contributed by atoms with E-state index in [0.29, 0.717) is 12.3 Å². The number of carbonyl (C=O) groups excluding carboxylic acids is 3. The van der Waals surface area contributed by atoms with E-state index >= 15 is 0 Å². The highest BCUT2D eigenvalue weighted by atomic mass is 32.2.